The van der Waals surface area contributed by atoms with Crippen LogP contribution in [0, 0.1) is 12.7 Å². The summed E-state index contributed by atoms with van der Waals surface area (Å²) in [6.45, 7) is 4.07. The van der Waals surface area contributed by atoms with Crippen LogP contribution in [-0.4, -0.2) is 44.1 Å². The van der Waals surface area contributed by atoms with E-state index in [1.165, 1.54) is 10.6 Å². The molecule has 0 unspecified atom stereocenters. The van der Waals surface area contributed by atoms with Gasteiger partial charge < -0.3 is 18.8 Å². The molecule has 1 aliphatic heterocycles. The predicted octanol–water partition coefficient (Wildman–Crippen LogP) is 3.44. The van der Waals surface area contributed by atoms with Gasteiger partial charge in [-0.25, -0.2) is 18.2 Å². The lowest BCUT2D eigenvalue weighted by Crippen LogP contribution is -2.50. The first kappa shape index (κ1) is 22.2. The fourth-order valence-corrected chi connectivity index (χ4v) is 4.68. The molecule has 0 N–H and O–H groups in total. The first-order chi connectivity index (χ1) is 16.2. The van der Waals surface area contributed by atoms with E-state index in [-0.39, 0.29) is 54.6 Å². The minimum Gasteiger partial charge on any atom is -0.491 e. The summed E-state index contributed by atoms with van der Waals surface area (Å²) in [5, 5.41) is 0. The molecule has 1 atom stereocenters. The zero-order valence-electron chi connectivity index (χ0n) is 18.7. The molecule has 5 rings (SSSR count). The van der Waals surface area contributed by atoms with Crippen molar-refractivity contribution in [2.45, 2.75) is 45.2 Å². The number of carbonyl (C=O) groups excluding carboxylic acids is 1. The Morgan fingerprint density at radius 3 is 2.71 bits per heavy atom. The number of amides is 1. The number of halogens is 3. The number of nitrogens with zero attached hydrogens (tertiary/aromatic N) is 4. The van der Waals surface area contributed by atoms with Crippen molar-refractivity contribution in [3.05, 3.63) is 75.5 Å². The van der Waals surface area contributed by atoms with Crippen LogP contribution in [0.5, 0.6) is 5.75 Å². The highest BCUT2D eigenvalue weighted by Gasteiger charge is 2.43. The van der Waals surface area contributed by atoms with Crippen LogP contribution in [-0.2, 0) is 18.9 Å². The van der Waals surface area contributed by atoms with E-state index >= 15 is 0 Å². The molecule has 0 spiro atoms. The average molecular weight is 472 g/mol. The van der Waals surface area contributed by atoms with Gasteiger partial charge in [-0.1, -0.05) is 0 Å². The second kappa shape index (κ2) is 8.03. The number of fused-ring (bicyclic) bond motifs is 2. The van der Waals surface area contributed by atoms with Crippen LogP contribution in [0.4, 0.5) is 13.2 Å². The van der Waals surface area contributed by atoms with Crippen LogP contribution in [0.3, 0.4) is 0 Å². The van der Waals surface area contributed by atoms with Gasteiger partial charge in [0.05, 0.1) is 23.6 Å². The molecule has 10 heteroatoms. The van der Waals surface area contributed by atoms with E-state index < -0.39 is 29.8 Å². The highest BCUT2D eigenvalue weighted by atomic mass is 19.3. The fraction of sp³-hybridized carbons (Fsp3) is 0.375. The Labute approximate surface area is 193 Å². The van der Waals surface area contributed by atoms with Crippen LogP contribution in [0.15, 0.2) is 41.6 Å². The molecular weight excluding hydrogens is 449 g/mol. The lowest BCUT2D eigenvalue weighted by atomic mass is 10.1. The number of pyridine rings is 1. The van der Waals surface area contributed by atoms with Crippen molar-refractivity contribution in [2.75, 3.05) is 13.2 Å². The predicted molar refractivity (Wildman–Crippen MR) is 117 cm³/mol. The number of carbonyl (C=O) groups is 1. The molecule has 2 aromatic heterocycles. The van der Waals surface area contributed by atoms with Gasteiger partial charge in [0.2, 0.25) is 0 Å². The van der Waals surface area contributed by atoms with Gasteiger partial charge in [0, 0.05) is 31.3 Å². The fourth-order valence-electron chi connectivity index (χ4n) is 4.68. The monoisotopic (exact) mass is 472 g/mol. The number of ether oxygens (including phenoxy) is 1. The normalized spacial score (nSPS) is 17.4. The smallest absolute Gasteiger partial charge is 0.277 e. The molecule has 0 fully saturated rings. The maximum atomic E-state index is 14.3. The van der Waals surface area contributed by atoms with E-state index in [0.717, 1.165) is 11.8 Å². The van der Waals surface area contributed by atoms with Crippen molar-refractivity contribution in [1.82, 2.24) is 19.0 Å². The molecule has 0 radical (unpaired) electrons. The van der Waals surface area contributed by atoms with Crippen LogP contribution in [0.1, 0.15) is 40.7 Å². The maximum absolute atomic E-state index is 14.3. The Kier molecular flexibility index (Phi) is 5.26. The standard InChI is InChI=1S/C24H23F3N4O3/c1-14-11-29(13-28-14)18-4-5-19-23(33)30(9-10-31(19)22(18)32)15(2)12-34-20-6-3-17(25)16-7-8-24(26,27)21(16)20/h3-6,11,13,15H,7-10,12H2,1-2H3/t15-/m0/s1. The largest absolute Gasteiger partial charge is 0.491 e. The molecular formula is C24H23F3N4O3. The summed E-state index contributed by atoms with van der Waals surface area (Å²) in [5.41, 5.74) is 0.704. The highest BCUT2D eigenvalue weighted by molar-refractivity contribution is 5.93. The summed E-state index contributed by atoms with van der Waals surface area (Å²) < 4.78 is 51.4. The third kappa shape index (κ3) is 3.57. The van der Waals surface area contributed by atoms with E-state index in [9.17, 15) is 22.8 Å². The van der Waals surface area contributed by atoms with Crippen LogP contribution >= 0.6 is 0 Å². The molecule has 2 aliphatic rings. The molecule has 0 saturated heterocycles. The highest BCUT2D eigenvalue weighted by Crippen LogP contribution is 2.47. The van der Waals surface area contributed by atoms with Gasteiger partial charge in [-0.2, -0.15) is 0 Å². The summed E-state index contributed by atoms with van der Waals surface area (Å²) in [6.07, 6.45) is 2.78. The molecule has 1 aromatic carbocycles. The number of imidazole rings is 1. The third-order valence-electron chi connectivity index (χ3n) is 6.47. The van der Waals surface area contributed by atoms with Crippen LogP contribution < -0.4 is 10.3 Å². The molecule has 178 valence electrons. The van der Waals surface area contributed by atoms with Crippen molar-refractivity contribution in [3.8, 4) is 11.4 Å². The second-order valence-corrected chi connectivity index (χ2v) is 8.75. The van der Waals surface area contributed by atoms with Gasteiger partial charge in [-0.05, 0) is 44.5 Å². The van der Waals surface area contributed by atoms with Gasteiger partial charge in [0.1, 0.15) is 29.6 Å². The van der Waals surface area contributed by atoms with Crippen LogP contribution in [0.2, 0.25) is 0 Å². The topological polar surface area (TPSA) is 69.4 Å². The van der Waals surface area contributed by atoms with Gasteiger partial charge in [0.25, 0.3) is 17.4 Å². The first-order valence-electron chi connectivity index (χ1n) is 11.1. The minimum absolute atomic E-state index is 0.0126. The van der Waals surface area contributed by atoms with E-state index in [0.29, 0.717) is 5.69 Å². The number of aromatic nitrogens is 3. The van der Waals surface area contributed by atoms with E-state index in [4.69, 9.17) is 4.74 Å². The van der Waals surface area contributed by atoms with Crippen molar-refractivity contribution in [2.24, 2.45) is 0 Å². The molecule has 3 heterocycles. The zero-order chi connectivity index (χ0) is 24.2. The minimum atomic E-state index is -3.15. The SMILES string of the molecule is Cc1cn(-c2ccc3n(c2=O)CCN([C@@H](C)COc2ccc(F)c4c2C(F)(F)CC4)C3=O)cn1. The van der Waals surface area contributed by atoms with Gasteiger partial charge in [-0.3, -0.25) is 9.59 Å². The lowest BCUT2D eigenvalue weighted by Gasteiger charge is -2.34. The second-order valence-electron chi connectivity index (χ2n) is 8.75. The average Bonchev–Trinajstić information content (AvgIpc) is 3.37. The molecule has 34 heavy (non-hydrogen) atoms. The van der Waals surface area contributed by atoms with Crippen molar-refractivity contribution < 1.29 is 22.7 Å². The van der Waals surface area contributed by atoms with E-state index in [1.807, 2.05) is 6.92 Å². The first-order valence-corrected chi connectivity index (χ1v) is 11.1. The Hall–Kier alpha value is -3.56. The number of rotatable bonds is 5. The quantitative estimate of drug-likeness (QED) is 0.571. The van der Waals surface area contributed by atoms with Crippen molar-refractivity contribution in [1.29, 1.82) is 0 Å². The number of benzene rings is 1. The third-order valence-corrected chi connectivity index (χ3v) is 6.47. The van der Waals surface area contributed by atoms with Gasteiger partial charge >= 0.3 is 0 Å². The summed E-state index contributed by atoms with van der Waals surface area (Å²) in [7, 11) is 0. The molecule has 0 bridgehead atoms. The van der Waals surface area contributed by atoms with Gasteiger partial charge in [-0.15, -0.1) is 0 Å². The Morgan fingerprint density at radius 1 is 1.18 bits per heavy atom. The Morgan fingerprint density at radius 2 is 1.97 bits per heavy atom. The number of alkyl halides is 2. The molecule has 3 aromatic rings. The summed E-state index contributed by atoms with van der Waals surface area (Å²) in [4.78, 5) is 31.8. The molecule has 1 amide bonds. The Balaban J connectivity index is 1.35. The lowest BCUT2D eigenvalue weighted by molar-refractivity contribution is -0.00495. The summed E-state index contributed by atoms with van der Waals surface area (Å²) in [5.74, 6) is -4.22. The number of hydrogen-bond acceptors (Lipinski definition) is 4. The maximum Gasteiger partial charge on any atom is 0.277 e. The summed E-state index contributed by atoms with van der Waals surface area (Å²) in [6, 6.07) is 5.08. The zero-order valence-corrected chi connectivity index (χ0v) is 18.7. The number of hydrogen-bond donors (Lipinski definition) is 0. The van der Waals surface area contributed by atoms with Crippen molar-refractivity contribution in [3.63, 3.8) is 0 Å². The molecule has 7 nitrogen and oxygen atoms in total. The Bertz CT molecular complexity index is 1350. The van der Waals surface area contributed by atoms with Crippen LogP contribution in [0.25, 0.3) is 5.69 Å². The summed E-state index contributed by atoms with van der Waals surface area (Å²) >= 11 is 0. The molecule has 0 saturated carbocycles. The van der Waals surface area contributed by atoms with Crippen molar-refractivity contribution >= 4 is 5.91 Å². The molecule has 1 aliphatic carbocycles. The van der Waals surface area contributed by atoms with Gasteiger partial charge in [0.15, 0.2) is 0 Å². The van der Waals surface area contributed by atoms with E-state index in [1.54, 1.807) is 41.0 Å². The van der Waals surface area contributed by atoms with E-state index in [2.05, 4.69) is 4.98 Å². The number of aryl methyl sites for hydroxylation is 1.